The second-order valence-corrected chi connectivity index (χ2v) is 9.31. The van der Waals surface area contributed by atoms with E-state index in [0.717, 1.165) is 5.56 Å². The number of carbonyl (C=O) groups is 2. The highest BCUT2D eigenvalue weighted by molar-refractivity contribution is 6.30. The molecule has 7 nitrogen and oxygen atoms in total. The molecule has 0 spiro atoms. The molecule has 0 saturated carbocycles. The third kappa shape index (κ3) is 6.57. The van der Waals surface area contributed by atoms with Gasteiger partial charge in [0.25, 0.3) is 5.91 Å². The van der Waals surface area contributed by atoms with Crippen LogP contribution < -0.4 is 4.74 Å². The number of nitrogens with zero attached hydrogens (tertiary/aromatic N) is 4. The number of aryl methyl sites for hydroxylation is 1. The molecule has 0 radical (unpaired) electrons. The smallest absolute Gasteiger partial charge is 0.257 e. The summed E-state index contributed by atoms with van der Waals surface area (Å²) < 4.78 is 6.28. The van der Waals surface area contributed by atoms with Crippen LogP contribution in [0.2, 0.25) is 5.02 Å². The summed E-state index contributed by atoms with van der Waals surface area (Å²) in [7, 11) is 1.81. The number of likely N-dealkylation sites (tertiary alicyclic amines) is 1. The molecular formula is C27H29ClN4O3. The second kappa shape index (κ2) is 11.3. The Kier molecular flexibility index (Phi) is 7.98. The number of ether oxygens (including phenoxy) is 1. The average molecular weight is 493 g/mol. The number of halogens is 1. The van der Waals surface area contributed by atoms with Crippen LogP contribution in [0, 0.1) is 12.8 Å². The van der Waals surface area contributed by atoms with Gasteiger partial charge in [0, 0.05) is 62.9 Å². The molecule has 1 saturated heterocycles. The van der Waals surface area contributed by atoms with Crippen molar-refractivity contribution < 1.29 is 14.3 Å². The van der Waals surface area contributed by atoms with E-state index in [1.807, 2.05) is 42.5 Å². The van der Waals surface area contributed by atoms with Gasteiger partial charge in [-0.3, -0.25) is 9.59 Å². The molecule has 1 fully saturated rings. The van der Waals surface area contributed by atoms with E-state index in [9.17, 15) is 9.59 Å². The van der Waals surface area contributed by atoms with Gasteiger partial charge in [0.2, 0.25) is 5.91 Å². The predicted molar refractivity (Wildman–Crippen MR) is 134 cm³/mol. The molecule has 2 amide bonds. The summed E-state index contributed by atoms with van der Waals surface area (Å²) in [6, 6.07) is 17.1. The van der Waals surface area contributed by atoms with Crippen LogP contribution in [0.1, 0.15) is 34.6 Å². The van der Waals surface area contributed by atoms with E-state index in [-0.39, 0.29) is 30.3 Å². The van der Waals surface area contributed by atoms with Crippen molar-refractivity contribution in [3.8, 4) is 5.75 Å². The van der Waals surface area contributed by atoms with Gasteiger partial charge >= 0.3 is 0 Å². The lowest BCUT2D eigenvalue weighted by atomic mass is 9.90. The van der Waals surface area contributed by atoms with Crippen LogP contribution in [0.15, 0.2) is 67.0 Å². The van der Waals surface area contributed by atoms with E-state index < -0.39 is 0 Å². The molecular weight excluding hydrogens is 464 g/mol. The molecule has 0 aliphatic carbocycles. The van der Waals surface area contributed by atoms with Gasteiger partial charge in [-0.1, -0.05) is 41.9 Å². The molecule has 2 aromatic carbocycles. The van der Waals surface area contributed by atoms with Gasteiger partial charge in [0.1, 0.15) is 17.7 Å². The Balaban J connectivity index is 1.48. The van der Waals surface area contributed by atoms with Crippen molar-refractivity contribution in [1.82, 2.24) is 19.8 Å². The lowest BCUT2D eigenvalue weighted by molar-refractivity contribution is -0.132. The van der Waals surface area contributed by atoms with E-state index in [1.165, 1.54) is 0 Å². The summed E-state index contributed by atoms with van der Waals surface area (Å²) in [6.07, 6.45) is 3.78. The van der Waals surface area contributed by atoms with Crippen LogP contribution in [-0.2, 0) is 11.3 Å². The van der Waals surface area contributed by atoms with Crippen molar-refractivity contribution >= 4 is 23.4 Å². The summed E-state index contributed by atoms with van der Waals surface area (Å²) in [5.41, 5.74) is 1.51. The summed E-state index contributed by atoms with van der Waals surface area (Å²) in [5.74, 6) is 1.02. The fourth-order valence-electron chi connectivity index (χ4n) is 4.25. The highest BCUT2D eigenvalue weighted by atomic mass is 35.5. The summed E-state index contributed by atoms with van der Waals surface area (Å²) in [5, 5.41) is 0.632. The minimum absolute atomic E-state index is 0.0107. The first kappa shape index (κ1) is 24.7. The molecule has 35 heavy (non-hydrogen) atoms. The summed E-state index contributed by atoms with van der Waals surface area (Å²) in [6.45, 7) is 3.24. The molecule has 3 aromatic rings. The number of benzene rings is 2. The Hall–Kier alpha value is -3.45. The zero-order chi connectivity index (χ0) is 24.8. The first-order chi connectivity index (χ1) is 16.9. The van der Waals surface area contributed by atoms with Crippen molar-refractivity contribution in [2.45, 2.75) is 32.4 Å². The molecule has 8 heteroatoms. The molecule has 1 aliphatic heterocycles. The van der Waals surface area contributed by atoms with Gasteiger partial charge < -0.3 is 14.5 Å². The zero-order valence-corrected chi connectivity index (χ0v) is 20.7. The monoisotopic (exact) mass is 492 g/mol. The molecule has 182 valence electrons. The van der Waals surface area contributed by atoms with Gasteiger partial charge in [0.15, 0.2) is 0 Å². The molecule has 2 heterocycles. The number of hydrogen-bond acceptors (Lipinski definition) is 5. The van der Waals surface area contributed by atoms with Gasteiger partial charge in [-0.2, -0.15) is 0 Å². The van der Waals surface area contributed by atoms with Crippen LogP contribution >= 0.6 is 11.6 Å². The molecule has 0 N–H and O–H groups in total. The molecule has 1 aliphatic rings. The van der Waals surface area contributed by atoms with E-state index in [0.29, 0.717) is 48.2 Å². The van der Waals surface area contributed by atoms with Crippen LogP contribution in [0.3, 0.4) is 0 Å². The standard InChI is InChI=1S/C27H29ClN4O3/c1-19-29-15-22(16-30-19)27(34)32-13-12-25(35-24-10-8-23(28)9-11-24)21(18-32)14-26(33)31(2)17-20-6-4-3-5-7-20/h3-11,15-16,21,25H,12-14,17-18H2,1-2H3/t21-,25-/m0/s1. The number of rotatable bonds is 7. The fraction of sp³-hybridized carbons (Fsp3) is 0.333. The van der Waals surface area contributed by atoms with Crippen molar-refractivity contribution in [2.24, 2.45) is 5.92 Å². The second-order valence-electron chi connectivity index (χ2n) is 8.87. The van der Waals surface area contributed by atoms with Gasteiger partial charge in [-0.15, -0.1) is 0 Å². The maximum Gasteiger partial charge on any atom is 0.257 e. The molecule has 4 rings (SSSR count). The average Bonchev–Trinajstić information content (AvgIpc) is 2.87. The molecule has 0 bridgehead atoms. The van der Waals surface area contributed by atoms with Gasteiger partial charge in [0.05, 0.1) is 5.56 Å². The number of carbonyl (C=O) groups excluding carboxylic acids is 2. The third-order valence-corrected chi connectivity index (χ3v) is 6.46. The first-order valence-electron chi connectivity index (χ1n) is 11.7. The number of hydrogen-bond donors (Lipinski definition) is 0. The maximum absolute atomic E-state index is 13.2. The Morgan fingerprint density at radius 1 is 1.09 bits per heavy atom. The fourth-order valence-corrected chi connectivity index (χ4v) is 4.37. The van der Waals surface area contributed by atoms with Crippen LogP contribution in [0.5, 0.6) is 5.75 Å². The van der Waals surface area contributed by atoms with E-state index >= 15 is 0 Å². The molecule has 1 aromatic heterocycles. The molecule has 2 atom stereocenters. The SMILES string of the molecule is Cc1ncc(C(=O)N2CC[C@H](Oc3ccc(Cl)cc3)[C@@H](CC(=O)N(C)Cc3ccccc3)C2)cn1. The normalized spacial score (nSPS) is 17.6. The first-order valence-corrected chi connectivity index (χ1v) is 12.0. The lowest BCUT2D eigenvalue weighted by Crippen LogP contribution is -2.49. The third-order valence-electron chi connectivity index (χ3n) is 6.21. The maximum atomic E-state index is 13.2. The van der Waals surface area contributed by atoms with Crippen LogP contribution in [0.25, 0.3) is 0 Å². The minimum atomic E-state index is -0.205. The van der Waals surface area contributed by atoms with Gasteiger partial charge in [-0.05, 0) is 36.8 Å². The van der Waals surface area contributed by atoms with Crippen molar-refractivity contribution in [1.29, 1.82) is 0 Å². The zero-order valence-electron chi connectivity index (χ0n) is 19.9. The predicted octanol–water partition coefficient (Wildman–Crippen LogP) is 4.40. The largest absolute Gasteiger partial charge is 0.490 e. The highest BCUT2D eigenvalue weighted by Gasteiger charge is 2.35. The number of aromatic nitrogens is 2. The van der Waals surface area contributed by atoms with Crippen LogP contribution in [0.4, 0.5) is 0 Å². The molecule has 0 unspecified atom stereocenters. The number of piperidine rings is 1. The van der Waals surface area contributed by atoms with Crippen molar-refractivity contribution in [3.05, 3.63) is 89.0 Å². The van der Waals surface area contributed by atoms with Gasteiger partial charge in [-0.25, -0.2) is 9.97 Å². The van der Waals surface area contributed by atoms with E-state index in [4.69, 9.17) is 16.3 Å². The Labute approximate surface area is 210 Å². The Bertz CT molecular complexity index is 1140. The quantitative estimate of drug-likeness (QED) is 0.488. The van der Waals surface area contributed by atoms with Crippen molar-refractivity contribution in [2.75, 3.05) is 20.1 Å². The Morgan fingerprint density at radius 3 is 2.46 bits per heavy atom. The summed E-state index contributed by atoms with van der Waals surface area (Å²) >= 11 is 6.02. The van der Waals surface area contributed by atoms with Crippen LogP contribution in [-0.4, -0.2) is 57.8 Å². The Morgan fingerprint density at radius 2 is 1.77 bits per heavy atom. The highest BCUT2D eigenvalue weighted by Crippen LogP contribution is 2.28. The lowest BCUT2D eigenvalue weighted by Gasteiger charge is -2.38. The van der Waals surface area contributed by atoms with Crippen molar-refractivity contribution in [3.63, 3.8) is 0 Å². The minimum Gasteiger partial charge on any atom is -0.490 e. The topological polar surface area (TPSA) is 75.6 Å². The summed E-state index contributed by atoms with van der Waals surface area (Å²) in [4.78, 5) is 38.1. The number of amides is 2. The van der Waals surface area contributed by atoms with E-state index in [1.54, 1.807) is 48.3 Å². The van der Waals surface area contributed by atoms with E-state index in [2.05, 4.69) is 9.97 Å².